The molecule has 0 saturated carbocycles. The molecule has 0 bridgehead atoms. The number of ether oxygens (including phenoxy) is 1. The Labute approximate surface area is 80.2 Å². The van der Waals surface area contributed by atoms with E-state index in [2.05, 4.69) is 24.5 Å². The van der Waals surface area contributed by atoms with Gasteiger partial charge >= 0.3 is 0 Å². The second-order valence-electron chi connectivity index (χ2n) is 4.47. The van der Waals surface area contributed by atoms with Crippen LogP contribution >= 0.6 is 0 Å². The largest absolute Gasteiger partial charge is 0.358 e. The van der Waals surface area contributed by atoms with Gasteiger partial charge in [-0.25, -0.2) is 0 Å². The minimum Gasteiger partial charge on any atom is -0.358 e. The maximum Gasteiger partial charge on any atom is 0.132 e. The molecule has 3 heteroatoms. The first kappa shape index (κ1) is 9.44. The number of hydrogen-bond acceptors (Lipinski definition) is 3. The van der Waals surface area contributed by atoms with Crippen LogP contribution in [0.4, 0.5) is 0 Å². The lowest BCUT2D eigenvalue weighted by molar-refractivity contribution is -0.0320. The summed E-state index contributed by atoms with van der Waals surface area (Å²) >= 11 is 0. The van der Waals surface area contributed by atoms with Crippen LogP contribution in [-0.4, -0.2) is 31.0 Å². The fraction of sp³-hybridized carbons (Fsp3) is 1.00. The van der Waals surface area contributed by atoms with Crippen molar-refractivity contribution in [2.45, 2.75) is 50.9 Å². The van der Waals surface area contributed by atoms with Gasteiger partial charge in [0.05, 0.1) is 6.61 Å². The minimum atomic E-state index is -0.125. The third-order valence-corrected chi connectivity index (χ3v) is 3.14. The van der Waals surface area contributed by atoms with Crippen molar-refractivity contribution >= 4 is 0 Å². The zero-order chi connectivity index (χ0) is 9.31. The molecule has 2 rings (SSSR count). The molecule has 3 unspecified atom stereocenters. The standard InChI is InChI=1S/C10H20N2O/c1-8-7-13-10(2,12-8)9-5-3-4-6-11-9/h8-9,11-12H,3-7H2,1-2H3. The van der Waals surface area contributed by atoms with Crippen molar-refractivity contribution < 1.29 is 4.74 Å². The summed E-state index contributed by atoms with van der Waals surface area (Å²) in [5.74, 6) is 0. The number of rotatable bonds is 1. The van der Waals surface area contributed by atoms with Gasteiger partial charge in [0.25, 0.3) is 0 Å². The Bertz CT molecular complexity index is 180. The van der Waals surface area contributed by atoms with Gasteiger partial charge in [0, 0.05) is 12.1 Å². The van der Waals surface area contributed by atoms with Crippen molar-refractivity contribution in [1.29, 1.82) is 0 Å². The average molecular weight is 184 g/mol. The highest BCUT2D eigenvalue weighted by atomic mass is 16.5. The van der Waals surface area contributed by atoms with Crippen LogP contribution in [0.15, 0.2) is 0 Å². The van der Waals surface area contributed by atoms with Crippen molar-refractivity contribution in [1.82, 2.24) is 10.6 Å². The molecule has 0 amide bonds. The molecule has 13 heavy (non-hydrogen) atoms. The van der Waals surface area contributed by atoms with Crippen LogP contribution in [-0.2, 0) is 4.74 Å². The fourth-order valence-electron chi connectivity index (χ4n) is 2.39. The smallest absolute Gasteiger partial charge is 0.132 e. The summed E-state index contributed by atoms with van der Waals surface area (Å²) in [7, 11) is 0. The van der Waals surface area contributed by atoms with Gasteiger partial charge in [-0.2, -0.15) is 0 Å². The van der Waals surface area contributed by atoms with Gasteiger partial charge in [-0.05, 0) is 33.2 Å². The van der Waals surface area contributed by atoms with Crippen molar-refractivity contribution in [3.05, 3.63) is 0 Å². The van der Waals surface area contributed by atoms with E-state index in [1.165, 1.54) is 19.3 Å². The fourth-order valence-corrected chi connectivity index (χ4v) is 2.39. The summed E-state index contributed by atoms with van der Waals surface area (Å²) in [4.78, 5) is 0. The molecule has 3 nitrogen and oxygen atoms in total. The van der Waals surface area contributed by atoms with E-state index in [4.69, 9.17) is 4.74 Å². The van der Waals surface area contributed by atoms with Crippen LogP contribution in [0.25, 0.3) is 0 Å². The summed E-state index contributed by atoms with van der Waals surface area (Å²) in [5.41, 5.74) is -0.125. The molecular formula is C10H20N2O. The first-order chi connectivity index (χ1) is 6.21. The normalized spacial score (nSPS) is 46.6. The molecule has 76 valence electrons. The zero-order valence-corrected chi connectivity index (χ0v) is 8.60. The van der Waals surface area contributed by atoms with Crippen LogP contribution in [0.1, 0.15) is 33.1 Å². The third-order valence-electron chi connectivity index (χ3n) is 3.14. The molecule has 2 aliphatic rings. The lowest BCUT2D eigenvalue weighted by Gasteiger charge is -2.37. The molecule has 2 N–H and O–H groups in total. The average Bonchev–Trinajstić information content (AvgIpc) is 2.49. The Balaban J connectivity index is 1.97. The second kappa shape index (κ2) is 3.56. The molecule has 0 radical (unpaired) electrons. The summed E-state index contributed by atoms with van der Waals surface area (Å²) in [6.07, 6.45) is 3.87. The quantitative estimate of drug-likeness (QED) is 0.634. The Morgan fingerprint density at radius 3 is 2.77 bits per heavy atom. The Kier molecular flexibility index (Phi) is 2.58. The predicted octanol–water partition coefficient (Wildman–Crippen LogP) is 0.853. The number of hydrogen-bond donors (Lipinski definition) is 2. The Morgan fingerprint density at radius 1 is 1.38 bits per heavy atom. The first-order valence-corrected chi connectivity index (χ1v) is 5.36. The second-order valence-corrected chi connectivity index (χ2v) is 4.47. The zero-order valence-electron chi connectivity index (χ0n) is 8.60. The lowest BCUT2D eigenvalue weighted by atomic mass is 9.96. The van der Waals surface area contributed by atoms with E-state index in [1.807, 2.05) is 0 Å². The van der Waals surface area contributed by atoms with E-state index in [0.29, 0.717) is 12.1 Å². The summed E-state index contributed by atoms with van der Waals surface area (Å²) in [5, 5.41) is 7.05. The monoisotopic (exact) mass is 184 g/mol. The highest BCUT2D eigenvalue weighted by Crippen LogP contribution is 2.24. The lowest BCUT2D eigenvalue weighted by Crippen LogP contribution is -2.58. The summed E-state index contributed by atoms with van der Waals surface area (Å²) < 4.78 is 5.82. The number of nitrogens with one attached hydrogen (secondary N) is 2. The number of piperidine rings is 1. The van der Waals surface area contributed by atoms with Crippen LogP contribution in [0.2, 0.25) is 0 Å². The van der Waals surface area contributed by atoms with Crippen LogP contribution in [0.5, 0.6) is 0 Å². The van der Waals surface area contributed by atoms with Crippen molar-refractivity contribution in [2.24, 2.45) is 0 Å². The molecule has 3 atom stereocenters. The molecule has 0 spiro atoms. The van der Waals surface area contributed by atoms with Gasteiger partial charge in [-0.15, -0.1) is 0 Å². The molecule has 2 fully saturated rings. The minimum absolute atomic E-state index is 0.125. The summed E-state index contributed by atoms with van der Waals surface area (Å²) in [6, 6.07) is 0.986. The maximum absolute atomic E-state index is 5.82. The molecular weight excluding hydrogens is 164 g/mol. The van der Waals surface area contributed by atoms with Crippen LogP contribution < -0.4 is 10.6 Å². The molecule has 0 aromatic carbocycles. The first-order valence-electron chi connectivity index (χ1n) is 5.36. The molecule has 2 saturated heterocycles. The van der Waals surface area contributed by atoms with Crippen LogP contribution in [0.3, 0.4) is 0 Å². The molecule has 0 aromatic rings. The van der Waals surface area contributed by atoms with Crippen molar-refractivity contribution in [3.63, 3.8) is 0 Å². The summed E-state index contributed by atoms with van der Waals surface area (Å²) in [6.45, 7) is 6.32. The van der Waals surface area contributed by atoms with E-state index < -0.39 is 0 Å². The van der Waals surface area contributed by atoms with E-state index in [0.717, 1.165) is 13.2 Å². The van der Waals surface area contributed by atoms with Gasteiger partial charge in [-0.3, -0.25) is 5.32 Å². The molecule has 0 aromatic heterocycles. The molecule has 2 aliphatic heterocycles. The van der Waals surface area contributed by atoms with Gasteiger partial charge in [0.1, 0.15) is 5.72 Å². The van der Waals surface area contributed by atoms with Crippen molar-refractivity contribution in [2.75, 3.05) is 13.2 Å². The topological polar surface area (TPSA) is 33.3 Å². The van der Waals surface area contributed by atoms with Gasteiger partial charge in [-0.1, -0.05) is 6.42 Å². The van der Waals surface area contributed by atoms with Crippen LogP contribution in [0, 0.1) is 0 Å². The molecule has 2 heterocycles. The SMILES string of the molecule is CC1COC(C)(C2CCCCN2)N1. The van der Waals surface area contributed by atoms with E-state index >= 15 is 0 Å². The Hall–Kier alpha value is -0.120. The van der Waals surface area contributed by atoms with Crippen molar-refractivity contribution in [3.8, 4) is 0 Å². The van der Waals surface area contributed by atoms with E-state index in [1.54, 1.807) is 0 Å². The third kappa shape index (κ3) is 1.87. The highest BCUT2D eigenvalue weighted by Gasteiger charge is 2.40. The Morgan fingerprint density at radius 2 is 2.23 bits per heavy atom. The maximum atomic E-state index is 5.82. The highest BCUT2D eigenvalue weighted by molar-refractivity contribution is 4.94. The van der Waals surface area contributed by atoms with E-state index in [-0.39, 0.29) is 5.72 Å². The predicted molar refractivity (Wildman–Crippen MR) is 52.6 cm³/mol. The van der Waals surface area contributed by atoms with Gasteiger partial charge < -0.3 is 10.1 Å². The van der Waals surface area contributed by atoms with Gasteiger partial charge in [0.15, 0.2) is 0 Å². The molecule has 0 aliphatic carbocycles. The van der Waals surface area contributed by atoms with E-state index in [9.17, 15) is 0 Å². The van der Waals surface area contributed by atoms with Gasteiger partial charge in [0.2, 0.25) is 0 Å².